The van der Waals surface area contributed by atoms with Crippen molar-refractivity contribution in [1.29, 1.82) is 0 Å². The molecule has 0 radical (unpaired) electrons. The first-order valence-corrected chi connectivity index (χ1v) is 4.17. The number of rotatable bonds is 2. The number of halogens is 1. The van der Waals surface area contributed by atoms with Gasteiger partial charge in [-0.2, -0.15) is 0 Å². The smallest absolute Gasteiger partial charge is 0.378 e. The number of aromatic nitrogens is 1. The van der Waals surface area contributed by atoms with Gasteiger partial charge in [-0.05, 0) is 12.1 Å². The molecular weight excluding hydrogens is 271 g/mol. The van der Waals surface area contributed by atoms with E-state index in [1.54, 1.807) is 6.20 Å². The van der Waals surface area contributed by atoms with Crippen LogP contribution in [0.25, 0.3) is 0 Å². The van der Waals surface area contributed by atoms with Crippen molar-refractivity contribution in [2.75, 3.05) is 0 Å². The van der Waals surface area contributed by atoms with E-state index in [9.17, 15) is 4.79 Å². The second-order valence-electron chi connectivity index (χ2n) is 2.04. The Hall–Kier alpha value is -0.850. The van der Waals surface area contributed by atoms with Gasteiger partial charge in [-0.25, -0.2) is 4.79 Å². The molecule has 1 rings (SSSR count). The van der Waals surface area contributed by atoms with E-state index in [0.29, 0.717) is 6.54 Å². The summed E-state index contributed by atoms with van der Waals surface area (Å²) in [6.07, 6.45) is 1.22. The Morgan fingerprint density at radius 2 is 2.50 bits per heavy atom. The van der Waals surface area contributed by atoms with Crippen molar-refractivity contribution in [2.45, 2.75) is 6.54 Å². The van der Waals surface area contributed by atoms with Gasteiger partial charge in [0.25, 0.3) is 0 Å². The van der Waals surface area contributed by atoms with Gasteiger partial charge in [0, 0.05) is 6.20 Å². The third kappa shape index (κ3) is 3.04. The van der Waals surface area contributed by atoms with Gasteiger partial charge in [0.05, 0.1) is 12.2 Å². The Morgan fingerprint density at radius 3 is 3.08 bits per heavy atom. The van der Waals surface area contributed by atoms with Crippen LogP contribution in [0.4, 0.5) is 4.79 Å². The lowest BCUT2D eigenvalue weighted by molar-refractivity contribution is 0.214. The molecule has 1 amide bonds. The van der Waals surface area contributed by atoms with Crippen LogP contribution in [0.15, 0.2) is 24.4 Å². The van der Waals surface area contributed by atoms with Crippen LogP contribution < -0.4 is 5.32 Å². The van der Waals surface area contributed by atoms with Crippen LogP contribution in [-0.2, 0) is 9.61 Å². The first kappa shape index (κ1) is 9.24. The Morgan fingerprint density at radius 1 is 1.67 bits per heavy atom. The molecule has 64 valence electrons. The molecule has 1 aromatic rings. The van der Waals surface area contributed by atoms with E-state index in [-0.39, 0.29) is 0 Å². The lowest BCUT2D eigenvalue weighted by atomic mass is 10.3. The molecule has 0 aromatic carbocycles. The van der Waals surface area contributed by atoms with E-state index in [0.717, 1.165) is 5.69 Å². The number of carbonyl (C=O) groups is 1. The Kier molecular flexibility index (Phi) is 3.78. The zero-order chi connectivity index (χ0) is 8.81. The van der Waals surface area contributed by atoms with Gasteiger partial charge in [0.2, 0.25) is 0 Å². The Labute approximate surface area is 84.0 Å². The first-order chi connectivity index (χ1) is 5.83. The van der Waals surface area contributed by atoms with Crippen LogP contribution >= 0.6 is 23.0 Å². The van der Waals surface area contributed by atoms with E-state index < -0.39 is 6.09 Å². The van der Waals surface area contributed by atoms with Crippen molar-refractivity contribution in [3.8, 4) is 0 Å². The van der Waals surface area contributed by atoms with Gasteiger partial charge in [-0.1, -0.05) is 6.07 Å². The molecule has 0 bridgehead atoms. The van der Waals surface area contributed by atoms with Gasteiger partial charge >= 0.3 is 6.09 Å². The molecule has 5 heteroatoms. The number of nitrogens with one attached hydrogen (secondary N) is 1. The van der Waals surface area contributed by atoms with Crippen molar-refractivity contribution in [3.05, 3.63) is 30.1 Å². The Balaban J connectivity index is 2.38. The van der Waals surface area contributed by atoms with Gasteiger partial charge in [-0.3, -0.25) is 4.98 Å². The molecule has 0 aliphatic rings. The highest BCUT2D eigenvalue weighted by atomic mass is 127. The number of amides is 1. The minimum absolute atomic E-state index is 0.392. The summed E-state index contributed by atoms with van der Waals surface area (Å²) in [5, 5.41) is 2.52. The summed E-state index contributed by atoms with van der Waals surface area (Å²) < 4.78 is 4.36. The molecule has 0 aliphatic carbocycles. The second kappa shape index (κ2) is 4.91. The molecule has 0 spiro atoms. The number of carbonyl (C=O) groups excluding carboxylic acids is 1. The average Bonchev–Trinajstić information content (AvgIpc) is 2.16. The summed E-state index contributed by atoms with van der Waals surface area (Å²) in [7, 11) is 0. The topological polar surface area (TPSA) is 51.2 Å². The first-order valence-electron chi connectivity index (χ1n) is 3.29. The van der Waals surface area contributed by atoms with Crippen LogP contribution in [0.5, 0.6) is 0 Å². The lowest BCUT2D eigenvalue weighted by Gasteiger charge is -2.00. The quantitative estimate of drug-likeness (QED) is 0.837. The zero-order valence-corrected chi connectivity index (χ0v) is 8.32. The fraction of sp³-hybridized carbons (Fsp3) is 0.143. The number of hydrogen-bond donors (Lipinski definition) is 1. The number of nitrogens with zero attached hydrogens (tertiary/aromatic N) is 1. The van der Waals surface area contributed by atoms with Crippen LogP contribution in [0.2, 0.25) is 0 Å². The molecule has 0 saturated carbocycles. The molecule has 0 atom stereocenters. The average molecular weight is 278 g/mol. The maximum Gasteiger partial charge on any atom is 0.416 e. The van der Waals surface area contributed by atoms with Crippen molar-refractivity contribution in [1.82, 2.24) is 10.3 Å². The van der Waals surface area contributed by atoms with Crippen LogP contribution in [-0.4, -0.2) is 11.1 Å². The third-order valence-electron chi connectivity index (χ3n) is 1.21. The van der Waals surface area contributed by atoms with E-state index in [2.05, 4.69) is 13.4 Å². The molecule has 0 aliphatic heterocycles. The minimum atomic E-state index is -0.457. The van der Waals surface area contributed by atoms with E-state index in [1.165, 1.54) is 23.0 Å². The molecule has 1 N–H and O–H groups in total. The van der Waals surface area contributed by atoms with Gasteiger partial charge < -0.3 is 8.38 Å². The molecule has 0 unspecified atom stereocenters. The van der Waals surface area contributed by atoms with Crippen molar-refractivity contribution >= 4 is 29.1 Å². The summed E-state index contributed by atoms with van der Waals surface area (Å²) in [4.78, 5) is 14.6. The summed E-state index contributed by atoms with van der Waals surface area (Å²) in [5.74, 6) is 0. The van der Waals surface area contributed by atoms with Gasteiger partial charge in [-0.15, -0.1) is 0 Å². The largest absolute Gasteiger partial charge is 0.416 e. The second-order valence-corrected chi connectivity index (χ2v) is 2.48. The third-order valence-corrected chi connectivity index (χ3v) is 1.61. The van der Waals surface area contributed by atoms with Crippen LogP contribution in [0.3, 0.4) is 0 Å². The zero-order valence-electron chi connectivity index (χ0n) is 6.16. The van der Waals surface area contributed by atoms with Gasteiger partial charge in [0.1, 0.15) is 0 Å². The summed E-state index contributed by atoms with van der Waals surface area (Å²) >= 11 is 1.52. The maximum atomic E-state index is 10.6. The number of hydrogen-bond acceptors (Lipinski definition) is 3. The van der Waals surface area contributed by atoms with Crippen molar-refractivity contribution < 1.29 is 7.86 Å². The SMILES string of the molecule is O=C(NCc1ccccn1)OI. The fourth-order valence-electron chi connectivity index (χ4n) is 0.693. The molecule has 1 heterocycles. The normalized spacial score (nSPS) is 9.08. The monoisotopic (exact) mass is 278 g/mol. The highest BCUT2D eigenvalue weighted by Crippen LogP contribution is 1.93. The minimum Gasteiger partial charge on any atom is -0.378 e. The van der Waals surface area contributed by atoms with Crippen molar-refractivity contribution in [2.24, 2.45) is 0 Å². The van der Waals surface area contributed by atoms with E-state index in [4.69, 9.17) is 0 Å². The maximum absolute atomic E-state index is 10.6. The van der Waals surface area contributed by atoms with Crippen LogP contribution in [0, 0.1) is 0 Å². The predicted octanol–water partition coefficient (Wildman–Crippen LogP) is 1.66. The highest BCUT2D eigenvalue weighted by molar-refractivity contribution is 14.1. The van der Waals surface area contributed by atoms with Crippen molar-refractivity contribution in [3.63, 3.8) is 0 Å². The summed E-state index contributed by atoms with van der Waals surface area (Å²) in [6.45, 7) is 0.392. The molecule has 12 heavy (non-hydrogen) atoms. The summed E-state index contributed by atoms with van der Waals surface area (Å²) in [5.41, 5.74) is 0.805. The van der Waals surface area contributed by atoms with Gasteiger partial charge in [0.15, 0.2) is 23.0 Å². The highest BCUT2D eigenvalue weighted by Gasteiger charge is 1.98. The predicted molar refractivity (Wildman–Crippen MR) is 51.6 cm³/mol. The molecule has 4 nitrogen and oxygen atoms in total. The van der Waals surface area contributed by atoms with E-state index in [1.807, 2.05) is 18.2 Å². The Bertz CT molecular complexity index is 253. The number of pyridine rings is 1. The van der Waals surface area contributed by atoms with E-state index >= 15 is 0 Å². The molecule has 0 fully saturated rings. The summed E-state index contributed by atoms with van der Waals surface area (Å²) in [6, 6.07) is 5.51. The molecule has 1 aromatic heterocycles. The molecular formula is C7H7IN2O2. The fourth-order valence-corrected chi connectivity index (χ4v) is 0.848. The standard InChI is InChI=1S/C7H7IN2O2/c8-12-7(11)10-5-6-3-1-2-4-9-6/h1-4H,5H2,(H,10,11). The lowest BCUT2D eigenvalue weighted by Crippen LogP contribution is -2.21. The van der Waals surface area contributed by atoms with Crippen LogP contribution in [0.1, 0.15) is 5.69 Å². The molecule has 0 saturated heterocycles.